The Bertz CT molecular complexity index is 334. The Morgan fingerprint density at radius 1 is 1.56 bits per heavy atom. The smallest absolute Gasteiger partial charge is 0.143 e. The molecule has 0 aromatic carbocycles. The summed E-state index contributed by atoms with van der Waals surface area (Å²) in [6, 6.07) is 0. The van der Waals surface area contributed by atoms with Gasteiger partial charge in [-0.1, -0.05) is 13.8 Å². The second-order valence-corrected chi connectivity index (χ2v) is 5.50. The Morgan fingerprint density at radius 3 is 2.88 bits per heavy atom. The topological polar surface area (TPSA) is 34.9 Å². The molecule has 0 radical (unpaired) electrons. The highest BCUT2D eigenvalue weighted by Crippen LogP contribution is 2.09. The SMILES string of the molecule is CC(C)CSCC(=O)CCc1cnn(C)c1. The molecule has 0 atom stereocenters. The third kappa shape index (κ3) is 5.35. The molecule has 0 N–H and O–H groups in total. The highest BCUT2D eigenvalue weighted by atomic mass is 32.2. The summed E-state index contributed by atoms with van der Waals surface area (Å²) in [7, 11) is 1.89. The lowest BCUT2D eigenvalue weighted by Gasteiger charge is -2.03. The predicted octanol–water partition coefficient (Wildman–Crippen LogP) is 2.31. The molecular weight excluding hydrogens is 220 g/mol. The fourth-order valence-electron chi connectivity index (χ4n) is 1.37. The summed E-state index contributed by atoms with van der Waals surface area (Å²) in [5, 5.41) is 4.08. The van der Waals surface area contributed by atoms with E-state index in [4.69, 9.17) is 0 Å². The Balaban J connectivity index is 2.15. The second kappa shape index (κ2) is 6.74. The fourth-order valence-corrected chi connectivity index (χ4v) is 2.33. The first-order valence-electron chi connectivity index (χ1n) is 5.65. The monoisotopic (exact) mass is 240 g/mol. The predicted molar refractivity (Wildman–Crippen MR) is 68.7 cm³/mol. The molecule has 0 unspecified atom stereocenters. The summed E-state index contributed by atoms with van der Waals surface area (Å²) in [4.78, 5) is 11.6. The van der Waals surface area contributed by atoms with Crippen molar-refractivity contribution in [2.45, 2.75) is 26.7 Å². The number of carbonyl (C=O) groups excluding carboxylic acids is 1. The number of hydrogen-bond donors (Lipinski definition) is 0. The van der Waals surface area contributed by atoms with E-state index in [1.165, 1.54) is 0 Å². The standard InChI is InChI=1S/C12H20N2OS/c1-10(2)8-16-9-12(15)5-4-11-6-13-14(3)7-11/h6-7,10H,4-5,8-9H2,1-3H3. The number of Topliss-reactive ketones (excluding diaryl/α,β-unsaturated/α-hetero) is 1. The first-order valence-corrected chi connectivity index (χ1v) is 6.80. The number of rotatable bonds is 7. The largest absolute Gasteiger partial charge is 0.299 e. The summed E-state index contributed by atoms with van der Waals surface area (Å²) in [5.74, 6) is 2.72. The zero-order valence-electron chi connectivity index (χ0n) is 10.3. The Kier molecular flexibility index (Phi) is 5.60. The van der Waals surface area contributed by atoms with E-state index in [2.05, 4.69) is 18.9 Å². The Labute approximate surface area is 102 Å². The van der Waals surface area contributed by atoms with Crippen LogP contribution in [-0.2, 0) is 18.3 Å². The molecule has 1 aromatic heterocycles. The van der Waals surface area contributed by atoms with E-state index in [9.17, 15) is 4.79 Å². The maximum atomic E-state index is 11.6. The molecule has 1 heterocycles. The van der Waals surface area contributed by atoms with Crippen molar-refractivity contribution < 1.29 is 4.79 Å². The molecule has 16 heavy (non-hydrogen) atoms. The van der Waals surface area contributed by atoms with Crippen LogP contribution in [0.5, 0.6) is 0 Å². The maximum Gasteiger partial charge on any atom is 0.143 e. The van der Waals surface area contributed by atoms with Gasteiger partial charge in [-0.15, -0.1) is 0 Å². The van der Waals surface area contributed by atoms with Gasteiger partial charge >= 0.3 is 0 Å². The van der Waals surface area contributed by atoms with Gasteiger partial charge in [-0.25, -0.2) is 0 Å². The summed E-state index contributed by atoms with van der Waals surface area (Å²) in [5.41, 5.74) is 1.14. The summed E-state index contributed by atoms with van der Waals surface area (Å²) in [6.07, 6.45) is 5.24. The number of hydrogen-bond acceptors (Lipinski definition) is 3. The van der Waals surface area contributed by atoms with Crippen molar-refractivity contribution in [2.24, 2.45) is 13.0 Å². The summed E-state index contributed by atoms with van der Waals surface area (Å²) >= 11 is 1.74. The van der Waals surface area contributed by atoms with Crippen LogP contribution in [0, 0.1) is 5.92 Å². The molecule has 90 valence electrons. The molecule has 3 nitrogen and oxygen atoms in total. The van der Waals surface area contributed by atoms with E-state index in [1.807, 2.05) is 19.4 Å². The third-order valence-corrected chi connectivity index (χ3v) is 3.59. The first kappa shape index (κ1) is 13.3. The van der Waals surface area contributed by atoms with E-state index in [1.54, 1.807) is 16.4 Å². The molecule has 0 aliphatic carbocycles. The number of carbonyl (C=O) groups is 1. The van der Waals surface area contributed by atoms with Crippen molar-refractivity contribution in [1.29, 1.82) is 0 Å². The average molecular weight is 240 g/mol. The molecule has 0 fully saturated rings. The fraction of sp³-hybridized carbons (Fsp3) is 0.667. The molecule has 4 heteroatoms. The van der Waals surface area contributed by atoms with Crippen molar-refractivity contribution in [2.75, 3.05) is 11.5 Å². The van der Waals surface area contributed by atoms with Crippen LogP contribution in [0.4, 0.5) is 0 Å². The van der Waals surface area contributed by atoms with Gasteiger partial charge in [0.15, 0.2) is 0 Å². The van der Waals surface area contributed by atoms with Gasteiger partial charge in [-0.2, -0.15) is 16.9 Å². The normalized spacial score (nSPS) is 11.0. The number of nitrogens with zero attached hydrogens (tertiary/aromatic N) is 2. The van der Waals surface area contributed by atoms with Crippen molar-refractivity contribution in [3.8, 4) is 0 Å². The van der Waals surface area contributed by atoms with E-state index in [0.717, 1.165) is 17.7 Å². The number of aromatic nitrogens is 2. The summed E-state index contributed by atoms with van der Waals surface area (Å²) in [6.45, 7) is 4.35. The molecule has 1 rings (SSSR count). The van der Waals surface area contributed by atoms with Gasteiger partial charge in [-0.05, 0) is 23.7 Å². The summed E-state index contributed by atoms with van der Waals surface area (Å²) < 4.78 is 1.77. The molecular formula is C12H20N2OS. The maximum absolute atomic E-state index is 11.6. The number of aryl methyl sites for hydroxylation is 2. The molecule has 0 saturated carbocycles. The molecule has 0 aliphatic rings. The van der Waals surface area contributed by atoms with Crippen LogP contribution in [0.1, 0.15) is 25.8 Å². The number of thioether (sulfide) groups is 1. The van der Waals surface area contributed by atoms with E-state index < -0.39 is 0 Å². The average Bonchev–Trinajstić information content (AvgIpc) is 2.61. The minimum atomic E-state index is 0.342. The lowest BCUT2D eigenvalue weighted by atomic mass is 10.1. The van der Waals surface area contributed by atoms with Gasteiger partial charge in [0.2, 0.25) is 0 Å². The molecule has 0 saturated heterocycles. The first-order chi connectivity index (χ1) is 7.58. The van der Waals surface area contributed by atoms with Gasteiger partial charge in [-0.3, -0.25) is 9.48 Å². The van der Waals surface area contributed by atoms with Crippen molar-refractivity contribution in [3.05, 3.63) is 18.0 Å². The van der Waals surface area contributed by atoms with Crippen molar-refractivity contribution in [1.82, 2.24) is 9.78 Å². The van der Waals surface area contributed by atoms with Crippen LogP contribution in [0.3, 0.4) is 0 Å². The van der Waals surface area contributed by atoms with E-state index in [-0.39, 0.29) is 0 Å². The van der Waals surface area contributed by atoms with Crippen LogP contribution >= 0.6 is 11.8 Å². The zero-order valence-corrected chi connectivity index (χ0v) is 11.1. The third-order valence-electron chi connectivity index (χ3n) is 2.17. The van der Waals surface area contributed by atoms with Gasteiger partial charge in [0.25, 0.3) is 0 Å². The van der Waals surface area contributed by atoms with E-state index in [0.29, 0.717) is 23.9 Å². The van der Waals surface area contributed by atoms with Gasteiger partial charge in [0, 0.05) is 19.7 Å². The van der Waals surface area contributed by atoms with Crippen molar-refractivity contribution >= 4 is 17.5 Å². The van der Waals surface area contributed by atoms with Crippen molar-refractivity contribution in [3.63, 3.8) is 0 Å². The minimum Gasteiger partial charge on any atom is -0.299 e. The van der Waals surface area contributed by atoms with Crippen LogP contribution in [0.15, 0.2) is 12.4 Å². The van der Waals surface area contributed by atoms with Gasteiger partial charge in [0.05, 0.1) is 11.9 Å². The Morgan fingerprint density at radius 2 is 2.31 bits per heavy atom. The van der Waals surface area contributed by atoms with Crippen LogP contribution in [0.25, 0.3) is 0 Å². The molecule has 0 spiro atoms. The van der Waals surface area contributed by atoms with E-state index >= 15 is 0 Å². The van der Waals surface area contributed by atoms with Crippen LogP contribution in [0.2, 0.25) is 0 Å². The lowest BCUT2D eigenvalue weighted by molar-refractivity contribution is -0.116. The van der Waals surface area contributed by atoms with Gasteiger partial charge in [0.1, 0.15) is 5.78 Å². The molecule has 1 aromatic rings. The zero-order chi connectivity index (χ0) is 12.0. The molecule has 0 bridgehead atoms. The van der Waals surface area contributed by atoms with Crippen LogP contribution < -0.4 is 0 Å². The quantitative estimate of drug-likeness (QED) is 0.733. The van der Waals surface area contributed by atoms with Gasteiger partial charge < -0.3 is 0 Å². The lowest BCUT2D eigenvalue weighted by Crippen LogP contribution is -2.05. The molecule has 0 amide bonds. The Hall–Kier alpha value is -0.770. The number of ketones is 1. The van der Waals surface area contributed by atoms with Crippen LogP contribution in [-0.4, -0.2) is 27.1 Å². The molecule has 0 aliphatic heterocycles. The second-order valence-electron chi connectivity index (χ2n) is 4.47. The minimum absolute atomic E-state index is 0.342. The highest BCUT2D eigenvalue weighted by Gasteiger charge is 2.05. The highest BCUT2D eigenvalue weighted by molar-refractivity contribution is 7.99.